The zero-order valence-electron chi connectivity index (χ0n) is 11.9. The van der Waals surface area contributed by atoms with Crippen LogP contribution in [0.5, 0.6) is 0 Å². The van der Waals surface area contributed by atoms with Crippen molar-refractivity contribution in [3.63, 3.8) is 0 Å². The number of fused-ring (bicyclic) bond motifs is 1. The highest BCUT2D eigenvalue weighted by Gasteiger charge is 2.15. The minimum Gasteiger partial charge on any atom is -0.331 e. The van der Waals surface area contributed by atoms with Crippen LogP contribution >= 0.6 is 12.2 Å². The summed E-state index contributed by atoms with van der Waals surface area (Å²) in [6.45, 7) is 4.23. The molecule has 0 aliphatic rings. The lowest BCUT2D eigenvalue weighted by atomic mass is 10.0. The predicted molar refractivity (Wildman–Crippen MR) is 86.8 cm³/mol. The van der Waals surface area contributed by atoms with Gasteiger partial charge in [-0.05, 0) is 55.4 Å². The van der Waals surface area contributed by atoms with E-state index in [9.17, 15) is 0 Å². The van der Waals surface area contributed by atoms with Gasteiger partial charge in [0, 0.05) is 0 Å². The van der Waals surface area contributed by atoms with E-state index in [1.807, 2.05) is 24.3 Å². The predicted octanol–water partition coefficient (Wildman–Crippen LogP) is 4.49. The summed E-state index contributed by atoms with van der Waals surface area (Å²) < 4.78 is 2.75. The maximum Gasteiger partial charge on any atom is 0.178 e. The third-order valence-corrected chi connectivity index (χ3v) is 4.17. The fourth-order valence-corrected chi connectivity index (χ4v) is 3.14. The van der Waals surface area contributed by atoms with Crippen LogP contribution in [0.15, 0.2) is 42.5 Å². The minimum absolute atomic E-state index is 0.112. The summed E-state index contributed by atoms with van der Waals surface area (Å²) in [6.07, 6.45) is 0. The first-order chi connectivity index (χ1) is 10.1. The zero-order chi connectivity index (χ0) is 15.0. The van der Waals surface area contributed by atoms with Gasteiger partial charge < -0.3 is 9.55 Å². The Morgan fingerprint density at radius 2 is 2.00 bits per heavy atom. The topological polar surface area (TPSA) is 44.5 Å². The Labute approximate surface area is 128 Å². The van der Waals surface area contributed by atoms with Crippen LogP contribution in [0.1, 0.15) is 29.7 Å². The van der Waals surface area contributed by atoms with Crippen LogP contribution in [0.2, 0.25) is 0 Å². The number of hydrogen-bond acceptors (Lipinski definition) is 2. The first-order valence-corrected chi connectivity index (χ1v) is 7.22. The summed E-state index contributed by atoms with van der Waals surface area (Å²) >= 11 is 5.48. The van der Waals surface area contributed by atoms with Gasteiger partial charge in [0.05, 0.1) is 28.7 Å². The summed E-state index contributed by atoms with van der Waals surface area (Å²) in [7, 11) is 0. The Morgan fingerprint density at radius 1 is 1.24 bits per heavy atom. The number of imidazole rings is 1. The fourth-order valence-electron chi connectivity index (χ4n) is 2.77. The number of hydrogen-bond donors (Lipinski definition) is 1. The second-order valence-corrected chi connectivity index (χ2v) is 5.56. The van der Waals surface area contributed by atoms with Gasteiger partial charge in [-0.3, -0.25) is 0 Å². The molecule has 4 heteroatoms. The fraction of sp³-hybridized carbons (Fsp3) is 0.176. The Kier molecular flexibility index (Phi) is 3.36. The number of aromatic amines is 1. The Balaban J connectivity index is 2.25. The van der Waals surface area contributed by atoms with E-state index < -0.39 is 0 Å². The molecular weight excluding hydrogens is 278 g/mol. The highest BCUT2D eigenvalue weighted by atomic mass is 32.1. The van der Waals surface area contributed by atoms with E-state index in [0.29, 0.717) is 10.3 Å². The molecule has 0 radical (unpaired) electrons. The Morgan fingerprint density at radius 3 is 2.71 bits per heavy atom. The van der Waals surface area contributed by atoms with Crippen LogP contribution in [0.4, 0.5) is 0 Å². The van der Waals surface area contributed by atoms with Gasteiger partial charge in [0.2, 0.25) is 0 Å². The highest BCUT2D eigenvalue weighted by Crippen LogP contribution is 2.26. The second-order valence-electron chi connectivity index (χ2n) is 5.18. The summed E-state index contributed by atoms with van der Waals surface area (Å²) in [6, 6.07) is 16.2. The lowest BCUT2D eigenvalue weighted by Gasteiger charge is -2.17. The molecule has 0 amide bonds. The molecule has 104 valence electrons. The molecule has 0 saturated carbocycles. The molecule has 0 saturated heterocycles. The second kappa shape index (κ2) is 5.19. The van der Waals surface area contributed by atoms with Crippen molar-refractivity contribution in [2.75, 3.05) is 0 Å². The molecule has 0 spiro atoms. The highest BCUT2D eigenvalue weighted by molar-refractivity contribution is 7.71. The number of nitriles is 1. The lowest BCUT2D eigenvalue weighted by Crippen LogP contribution is -2.08. The largest absolute Gasteiger partial charge is 0.331 e. The molecule has 0 aliphatic heterocycles. The van der Waals surface area contributed by atoms with Crippen LogP contribution in [0, 0.1) is 23.0 Å². The van der Waals surface area contributed by atoms with Crippen LogP contribution in [-0.4, -0.2) is 9.55 Å². The number of nitrogens with zero attached hydrogens (tertiary/aromatic N) is 2. The summed E-state index contributed by atoms with van der Waals surface area (Å²) in [5, 5.41) is 9.10. The van der Waals surface area contributed by atoms with E-state index in [4.69, 9.17) is 17.5 Å². The number of H-pyrrole nitrogens is 1. The van der Waals surface area contributed by atoms with E-state index in [1.165, 1.54) is 11.1 Å². The molecule has 21 heavy (non-hydrogen) atoms. The van der Waals surface area contributed by atoms with E-state index >= 15 is 0 Å². The lowest BCUT2D eigenvalue weighted by molar-refractivity contribution is 0.645. The first kappa shape index (κ1) is 13.6. The number of aromatic nitrogens is 2. The molecule has 1 atom stereocenters. The summed E-state index contributed by atoms with van der Waals surface area (Å²) in [4.78, 5) is 3.22. The molecule has 3 rings (SSSR count). The van der Waals surface area contributed by atoms with Crippen LogP contribution in [0.25, 0.3) is 11.0 Å². The molecule has 0 fully saturated rings. The third-order valence-electron chi connectivity index (χ3n) is 3.87. The van der Waals surface area contributed by atoms with Gasteiger partial charge >= 0.3 is 0 Å². The van der Waals surface area contributed by atoms with Crippen molar-refractivity contribution >= 4 is 23.3 Å². The molecule has 0 bridgehead atoms. The van der Waals surface area contributed by atoms with E-state index in [-0.39, 0.29) is 6.04 Å². The van der Waals surface area contributed by atoms with E-state index in [2.05, 4.69) is 41.6 Å². The minimum atomic E-state index is 0.112. The quantitative estimate of drug-likeness (QED) is 0.708. The Hall–Kier alpha value is -2.38. The molecular formula is C17H15N3S. The van der Waals surface area contributed by atoms with Gasteiger partial charge in [-0.2, -0.15) is 5.26 Å². The summed E-state index contributed by atoms with van der Waals surface area (Å²) in [5.41, 5.74) is 5.03. The molecule has 3 nitrogen and oxygen atoms in total. The SMILES string of the molecule is Cc1ccccc1C(C)n1c(=S)[nH]c2ccc(C#N)cc21. The molecule has 2 aromatic carbocycles. The maximum absolute atomic E-state index is 9.10. The number of aryl methyl sites for hydroxylation is 1. The van der Waals surface area contributed by atoms with Crippen molar-refractivity contribution < 1.29 is 0 Å². The first-order valence-electron chi connectivity index (χ1n) is 6.81. The van der Waals surface area contributed by atoms with Crippen molar-refractivity contribution in [2.24, 2.45) is 0 Å². The van der Waals surface area contributed by atoms with Crippen molar-refractivity contribution in [1.29, 1.82) is 5.26 Å². The van der Waals surface area contributed by atoms with E-state index in [0.717, 1.165) is 11.0 Å². The number of benzene rings is 2. The van der Waals surface area contributed by atoms with Gasteiger partial charge in [-0.25, -0.2) is 0 Å². The van der Waals surface area contributed by atoms with Crippen molar-refractivity contribution in [3.05, 3.63) is 63.9 Å². The van der Waals surface area contributed by atoms with Crippen molar-refractivity contribution in [3.8, 4) is 6.07 Å². The van der Waals surface area contributed by atoms with Crippen molar-refractivity contribution in [1.82, 2.24) is 9.55 Å². The van der Waals surface area contributed by atoms with Gasteiger partial charge in [-0.1, -0.05) is 24.3 Å². The maximum atomic E-state index is 9.10. The van der Waals surface area contributed by atoms with Gasteiger partial charge in [-0.15, -0.1) is 0 Å². The molecule has 1 N–H and O–H groups in total. The standard InChI is InChI=1S/C17H15N3S/c1-11-5-3-4-6-14(11)12(2)20-16-9-13(10-18)7-8-15(16)19-17(20)21/h3-9,12H,1-2H3,(H,19,21). The smallest absolute Gasteiger partial charge is 0.178 e. The van der Waals surface area contributed by atoms with Crippen LogP contribution in [0.3, 0.4) is 0 Å². The number of nitrogens with one attached hydrogen (secondary N) is 1. The monoisotopic (exact) mass is 293 g/mol. The molecule has 3 aromatic rings. The van der Waals surface area contributed by atoms with Crippen LogP contribution in [-0.2, 0) is 0 Å². The van der Waals surface area contributed by atoms with Crippen molar-refractivity contribution in [2.45, 2.75) is 19.9 Å². The van der Waals surface area contributed by atoms with E-state index in [1.54, 1.807) is 6.07 Å². The third kappa shape index (κ3) is 2.26. The van der Waals surface area contributed by atoms with Crippen LogP contribution < -0.4 is 0 Å². The molecule has 0 aliphatic carbocycles. The van der Waals surface area contributed by atoms with Gasteiger partial charge in [0.15, 0.2) is 4.77 Å². The molecule has 1 heterocycles. The average molecular weight is 293 g/mol. The normalized spacial score (nSPS) is 12.2. The summed E-state index contributed by atoms with van der Waals surface area (Å²) in [5.74, 6) is 0. The van der Waals surface area contributed by atoms with Gasteiger partial charge in [0.1, 0.15) is 0 Å². The average Bonchev–Trinajstić information content (AvgIpc) is 2.81. The molecule has 1 aromatic heterocycles. The number of rotatable bonds is 2. The zero-order valence-corrected chi connectivity index (χ0v) is 12.7. The van der Waals surface area contributed by atoms with Gasteiger partial charge in [0.25, 0.3) is 0 Å². The Bertz CT molecular complexity index is 912. The molecule has 1 unspecified atom stereocenters.